The summed E-state index contributed by atoms with van der Waals surface area (Å²) in [4.78, 5) is 10.9. The monoisotopic (exact) mass is 273 g/mol. The van der Waals surface area contributed by atoms with Gasteiger partial charge in [-0.1, -0.05) is 0 Å². The molecular weight excluding hydrogens is 259 g/mol. The minimum atomic E-state index is -1.48. The molecule has 1 saturated heterocycles. The first kappa shape index (κ1) is 13.9. The van der Waals surface area contributed by atoms with Crippen molar-refractivity contribution in [3.63, 3.8) is 0 Å². The van der Waals surface area contributed by atoms with E-state index in [1.54, 1.807) is 0 Å². The molecule has 0 spiro atoms. The van der Waals surface area contributed by atoms with E-state index in [1.165, 1.54) is 0 Å². The van der Waals surface area contributed by atoms with E-state index in [0.717, 1.165) is 12.1 Å². The Balaban J connectivity index is 2.07. The van der Waals surface area contributed by atoms with Gasteiger partial charge in [-0.3, -0.25) is 4.79 Å². The van der Waals surface area contributed by atoms with E-state index in [4.69, 9.17) is 5.11 Å². The number of benzene rings is 1. The number of halogens is 3. The van der Waals surface area contributed by atoms with Gasteiger partial charge in [0, 0.05) is 6.04 Å². The average molecular weight is 273 g/mol. The summed E-state index contributed by atoms with van der Waals surface area (Å²) in [6, 6.07) is 1.73. The summed E-state index contributed by atoms with van der Waals surface area (Å²) in [5.41, 5.74) is 0.319. The van der Waals surface area contributed by atoms with E-state index < -0.39 is 29.3 Å². The van der Waals surface area contributed by atoms with E-state index in [1.807, 2.05) is 0 Å². The molecule has 0 bridgehead atoms. The molecule has 0 radical (unpaired) electrons. The Labute approximate surface area is 108 Å². The van der Waals surface area contributed by atoms with Gasteiger partial charge >= 0.3 is 5.97 Å². The molecule has 6 heteroatoms. The highest BCUT2D eigenvalue weighted by Crippen LogP contribution is 2.21. The lowest BCUT2D eigenvalue weighted by Crippen LogP contribution is -2.41. The number of aliphatic carboxylic acids is 1. The molecule has 1 fully saturated rings. The molecule has 3 nitrogen and oxygen atoms in total. The van der Waals surface area contributed by atoms with Gasteiger partial charge in [-0.15, -0.1) is 0 Å². The Morgan fingerprint density at radius 3 is 2.53 bits per heavy atom. The largest absolute Gasteiger partial charge is 0.481 e. The van der Waals surface area contributed by atoms with Crippen LogP contribution >= 0.6 is 0 Å². The van der Waals surface area contributed by atoms with E-state index in [0.29, 0.717) is 24.9 Å². The smallest absolute Gasteiger partial charge is 0.306 e. The number of piperidine rings is 1. The van der Waals surface area contributed by atoms with Crippen LogP contribution in [0.3, 0.4) is 0 Å². The first-order chi connectivity index (χ1) is 8.97. The molecule has 1 aromatic carbocycles. The Morgan fingerprint density at radius 2 is 1.95 bits per heavy atom. The Kier molecular flexibility index (Phi) is 4.09. The predicted octanol–water partition coefficient (Wildman–Crippen LogP) is 2.10. The summed E-state index contributed by atoms with van der Waals surface area (Å²) in [6.45, 7) is 0.549. The van der Waals surface area contributed by atoms with E-state index in [9.17, 15) is 18.0 Å². The number of carbonyl (C=O) groups is 1. The number of carboxylic acid groups (broad SMARTS) is 1. The standard InChI is InChI=1S/C13H14F3NO2/c14-10-4-7(5-11(15)12(10)16)3-9-6-8(13(18)19)1-2-17-9/h4-5,8-9,17H,1-3,6H2,(H,18,19). The molecule has 0 amide bonds. The molecule has 0 saturated carbocycles. The predicted molar refractivity (Wildman–Crippen MR) is 62.2 cm³/mol. The topological polar surface area (TPSA) is 49.3 Å². The quantitative estimate of drug-likeness (QED) is 0.829. The van der Waals surface area contributed by atoms with Gasteiger partial charge in [-0.05, 0) is 43.5 Å². The normalized spacial score (nSPS) is 23.3. The van der Waals surface area contributed by atoms with Gasteiger partial charge in [0.2, 0.25) is 0 Å². The van der Waals surface area contributed by atoms with Crippen molar-refractivity contribution in [3.05, 3.63) is 35.1 Å². The van der Waals surface area contributed by atoms with Gasteiger partial charge in [-0.25, -0.2) is 13.2 Å². The minimum absolute atomic E-state index is 0.167. The average Bonchev–Trinajstić information content (AvgIpc) is 2.36. The van der Waals surface area contributed by atoms with Gasteiger partial charge in [0.05, 0.1) is 5.92 Å². The third-order valence-electron chi connectivity index (χ3n) is 3.37. The van der Waals surface area contributed by atoms with Gasteiger partial charge < -0.3 is 10.4 Å². The van der Waals surface area contributed by atoms with Crippen molar-refractivity contribution in [3.8, 4) is 0 Å². The zero-order valence-corrected chi connectivity index (χ0v) is 10.1. The van der Waals surface area contributed by atoms with Crippen molar-refractivity contribution in [1.29, 1.82) is 0 Å². The van der Waals surface area contributed by atoms with Crippen LogP contribution in [0.25, 0.3) is 0 Å². The zero-order chi connectivity index (χ0) is 14.0. The molecule has 1 aliphatic heterocycles. The lowest BCUT2D eigenvalue weighted by Gasteiger charge is -2.28. The van der Waals surface area contributed by atoms with Crippen molar-refractivity contribution in [1.82, 2.24) is 5.32 Å². The van der Waals surface area contributed by atoms with Gasteiger partial charge in [-0.2, -0.15) is 0 Å². The molecule has 2 unspecified atom stereocenters. The zero-order valence-electron chi connectivity index (χ0n) is 10.1. The van der Waals surface area contributed by atoms with Crippen molar-refractivity contribution in [2.45, 2.75) is 25.3 Å². The summed E-state index contributed by atoms with van der Waals surface area (Å²) >= 11 is 0. The maximum Gasteiger partial charge on any atom is 0.306 e. The molecular formula is C13H14F3NO2. The lowest BCUT2D eigenvalue weighted by atomic mass is 9.89. The Hall–Kier alpha value is -1.56. The van der Waals surface area contributed by atoms with Crippen LogP contribution in [0.2, 0.25) is 0 Å². The third-order valence-corrected chi connectivity index (χ3v) is 3.37. The van der Waals surface area contributed by atoms with Crippen LogP contribution < -0.4 is 5.32 Å². The minimum Gasteiger partial charge on any atom is -0.481 e. The second-order valence-corrected chi connectivity index (χ2v) is 4.79. The van der Waals surface area contributed by atoms with Crippen molar-refractivity contribution < 1.29 is 23.1 Å². The number of rotatable bonds is 3. The molecule has 1 heterocycles. The fraction of sp³-hybridized carbons (Fsp3) is 0.462. The lowest BCUT2D eigenvalue weighted by molar-refractivity contribution is -0.142. The van der Waals surface area contributed by atoms with Crippen molar-refractivity contribution in [2.75, 3.05) is 6.54 Å². The maximum absolute atomic E-state index is 13.1. The highest BCUT2D eigenvalue weighted by Gasteiger charge is 2.27. The van der Waals surface area contributed by atoms with Crippen LogP contribution in [0.15, 0.2) is 12.1 Å². The molecule has 104 valence electrons. The van der Waals surface area contributed by atoms with E-state index in [2.05, 4.69) is 5.32 Å². The van der Waals surface area contributed by atoms with Crippen molar-refractivity contribution >= 4 is 5.97 Å². The van der Waals surface area contributed by atoms with Crippen LogP contribution in [0.4, 0.5) is 13.2 Å². The summed E-state index contributed by atoms with van der Waals surface area (Å²) in [7, 11) is 0. The molecule has 2 atom stereocenters. The van der Waals surface area contributed by atoms with Crippen LogP contribution in [0.1, 0.15) is 18.4 Å². The van der Waals surface area contributed by atoms with Gasteiger partial charge in [0.25, 0.3) is 0 Å². The van der Waals surface area contributed by atoms with E-state index in [-0.39, 0.29) is 12.5 Å². The second-order valence-electron chi connectivity index (χ2n) is 4.79. The number of nitrogens with one attached hydrogen (secondary N) is 1. The molecule has 0 aliphatic carbocycles. The van der Waals surface area contributed by atoms with Crippen LogP contribution in [-0.2, 0) is 11.2 Å². The number of carboxylic acids is 1. The first-order valence-corrected chi connectivity index (χ1v) is 6.07. The fourth-order valence-electron chi connectivity index (χ4n) is 2.40. The summed E-state index contributed by atoms with van der Waals surface area (Å²) in [5, 5.41) is 12.1. The number of hydrogen-bond donors (Lipinski definition) is 2. The Morgan fingerprint density at radius 1 is 1.32 bits per heavy atom. The van der Waals surface area contributed by atoms with Crippen molar-refractivity contribution in [2.24, 2.45) is 5.92 Å². The van der Waals surface area contributed by atoms with Gasteiger partial charge in [0.1, 0.15) is 0 Å². The Bertz CT molecular complexity index is 470. The second kappa shape index (κ2) is 5.61. The summed E-state index contributed by atoms with van der Waals surface area (Å²) < 4.78 is 39.0. The first-order valence-electron chi connectivity index (χ1n) is 6.07. The molecule has 19 heavy (non-hydrogen) atoms. The van der Waals surface area contributed by atoms with Crippen LogP contribution in [0.5, 0.6) is 0 Å². The summed E-state index contributed by atoms with van der Waals surface area (Å²) in [6.07, 6.45) is 1.21. The van der Waals surface area contributed by atoms with Crippen LogP contribution in [0, 0.1) is 23.4 Å². The molecule has 1 aliphatic rings. The highest BCUT2D eigenvalue weighted by atomic mass is 19.2. The number of hydrogen-bond acceptors (Lipinski definition) is 2. The third kappa shape index (κ3) is 3.26. The fourth-order valence-corrected chi connectivity index (χ4v) is 2.40. The molecule has 0 aromatic heterocycles. The SMILES string of the molecule is O=C(O)C1CCNC(Cc2cc(F)c(F)c(F)c2)C1. The maximum atomic E-state index is 13.1. The molecule has 2 N–H and O–H groups in total. The van der Waals surface area contributed by atoms with Crippen LogP contribution in [-0.4, -0.2) is 23.7 Å². The molecule has 2 rings (SSSR count). The van der Waals surface area contributed by atoms with Gasteiger partial charge in [0.15, 0.2) is 17.5 Å². The highest BCUT2D eigenvalue weighted by molar-refractivity contribution is 5.70. The molecule has 1 aromatic rings. The summed E-state index contributed by atoms with van der Waals surface area (Å²) in [5.74, 6) is -5.23. The van der Waals surface area contributed by atoms with E-state index >= 15 is 0 Å².